The second kappa shape index (κ2) is 11.8. The first-order valence-corrected chi connectivity index (χ1v) is 18.5. The fraction of sp³-hybridized carbons (Fsp3) is 0. The number of benzene rings is 8. The molecule has 0 N–H and O–H groups in total. The first-order chi connectivity index (χ1) is 27.7. The van der Waals surface area contributed by atoms with Crippen LogP contribution < -0.4 is 9.97 Å². The molecule has 8 nitrogen and oxygen atoms in total. The summed E-state index contributed by atoms with van der Waals surface area (Å²) in [5, 5.41) is 12.1. The van der Waals surface area contributed by atoms with Gasteiger partial charge >= 0.3 is 17.1 Å². The second-order valence-corrected chi connectivity index (χ2v) is 14.3. The number of nitrogens with zero attached hydrogens (tertiary/aromatic N) is 8. The van der Waals surface area contributed by atoms with Crippen molar-refractivity contribution >= 4 is 87.2 Å². The monoisotopic (exact) mass is 775 g/mol. The van der Waals surface area contributed by atoms with Crippen LogP contribution in [0.1, 0.15) is 0 Å². The van der Waals surface area contributed by atoms with E-state index in [9.17, 15) is 0 Å². The van der Waals surface area contributed by atoms with Crippen LogP contribution in [0.5, 0.6) is 0 Å². The van der Waals surface area contributed by atoms with Gasteiger partial charge in [-0.3, -0.25) is 0 Å². The van der Waals surface area contributed by atoms with Crippen molar-refractivity contribution in [3.63, 3.8) is 0 Å². The summed E-state index contributed by atoms with van der Waals surface area (Å²) in [7, 11) is 0. The van der Waals surface area contributed by atoms with Crippen LogP contribution in [0.2, 0.25) is 0 Å². The minimum absolute atomic E-state index is 0. The van der Waals surface area contributed by atoms with E-state index in [1.54, 1.807) is 0 Å². The van der Waals surface area contributed by atoms with Crippen LogP contribution in [0, 0.1) is 0 Å². The third-order valence-corrected chi connectivity index (χ3v) is 11.3. The van der Waals surface area contributed by atoms with Crippen molar-refractivity contribution in [1.82, 2.24) is 39.9 Å². The van der Waals surface area contributed by atoms with Crippen molar-refractivity contribution in [2.24, 2.45) is 0 Å². The van der Waals surface area contributed by atoms with E-state index in [0.717, 1.165) is 86.9 Å². The summed E-state index contributed by atoms with van der Waals surface area (Å²) >= 11 is 0. The quantitative estimate of drug-likeness (QED) is 0.140. The molecule has 11 aromatic rings. The van der Waals surface area contributed by atoms with Crippen LogP contribution in [0.15, 0.2) is 146 Å². The molecule has 2 aliphatic heterocycles. The molecular formula is C48H24CuN8. The third kappa shape index (κ3) is 4.55. The minimum Gasteiger partial charge on any atom is -0.357 e. The Morgan fingerprint density at radius 3 is 1.11 bits per heavy atom. The fourth-order valence-electron chi connectivity index (χ4n) is 8.73. The summed E-state index contributed by atoms with van der Waals surface area (Å²) in [5.74, 6) is 2.15. The van der Waals surface area contributed by atoms with E-state index in [1.807, 2.05) is 48.5 Å². The fourth-order valence-corrected chi connectivity index (χ4v) is 8.73. The summed E-state index contributed by atoms with van der Waals surface area (Å²) in [4.78, 5) is 42.0. The van der Waals surface area contributed by atoms with Crippen LogP contribution in [0.4, 0.5) is 0 Å². The van der Waals surface area contributed by atoms with Gasteiger partial charge in [-0.15, -0.1) is 0 Å². The second-order valence-electron chi connectivity index (χ2n) is 14.3. The Labute approximate surface area is 333 Å². The largest absolute Gasteiger partial charge is 2.00 e. The summed E-state index contributed by atoms with van der Waals surface area (Å²) in [6.45, 7) is 0. The molecule has 0 spiro atoms. The zero-order valence-electron chi connectivity index (χ0n) is 29.7. The maximum Gasteiger partial charge on any atom is 2.00 e. The van der Waals surface area contributed by atoms with Crippen molar-refractivity contribution in [3.05, 3.63) is 146 Å². The molecule has 0 saturated carbocycles. The molecule has 8 bridgehead atoms. The van der Waals surface area contributed by atoms with E-state index < -0.39 is 0 Å². The summed E-state index contributed by atoms with van der Waals surface area (Å²) in [6, 6.07) is 50.1. The molecule has 267 valence electrons. The van der Waals surface area contributed by atoms with Crippen LogP contribution in [0.3, 0.4) is 0 Å². The number of hydrogen-bond acceptors (Lipinski definition) is 6. The molecule has 1 radical (unpaired) electrons. The van der Waals surface area contributed by atoms with Crippen molar-refractivity contribution in [2.45, 2.75) is 0 Å². The molecular weight excluding hydrogens is 752 g/mol. The van der Waals surface area contributed by atoms with E-state index in [2.05, 4.69) is 97.1 Å². The number of fused-ring (bicyclic) bond motifs is 28. The van der Waals surface area contributed by atoms with E-state index >= 15 is 0 Å². The van der Waals surface area contributed by atoms with Gasteiger partial charge in [0, 0.05) is 55.6 Å². The Bertz CT molecular complexity index is 3740. The Kier molecular flexibility index (Phi) is 6.64. The Morgan fingerprint density at radius 1 is 0.281 bits per heavy atom. The van der Waals surface area contributed by atoms with Gasteiger partial charge in [-0.25, -0.2) is 9.97 Å². The van der Waals surface area contributed by atoms with Gasteiger partial charge in [0.25, 0.3) is 0 Å². The molecule has 0 fully saturated rings. The van der Waals surface area contributed by atoms with Gasteiger partial charge in [0.15, 0.2) is 0 Å². The standard InChI is InChI=1S/C48H24N8.Cu/c1-5-13-29-25(9-1)17-21-33-37(29)45-50-41(33)49-42-34-22-18-27-11-3-7-15-31(27)39(34)47(51-42)56-48-40-32-16-8-4-12-28(32)20-24-36(40)44(55-48)54-46-38-30-14-6-2-10-26(30)19-23-35(38)43(52-45)53-46;/h1-24H;/q-2;+2. The Hall–Kier alpha value is -7.32. The van der Waals surface area contributed by atoms with Crippen LogP contribution in [0.25, 0.3) is 133 Å². The summed E-state index contributed by atoms with van der Waals surface area (Å²) in [6.07, 6.45) is 0. The molecule has 13 rings (SSSR count). The molecule has 0 aliphatic carbocycles. The van der Waals surface area contributed by atoms with Crippen molar-refractivity contribution in [1.29, 1.82) is 0 Å². The normalized spacial score (nSPS) is 12.1. The van der Waals surface area contributed by atoms with E-state index in [0.29, 0.717) is 45.9 Å². The maximum absolute atomic E-state index is 5.34. The SMILES string of the molecule is [Cu+2].c1ccc2c3c(ccc2c1)-c1nc-3nc2[n-]c(nc3nc(nc4[n-]c(n1)c1c5ccccc5ccc41)-c1ccc4ccccc4c1-3)c1c3ccccc3ccc21. The minimum atomic E-state index is 0. The molecule has 0 unspecified atom stereocenters. The zero-order valence-corrected chi connectivity index (χ0v) is 30.7. The van der Waals surface area contributed by atoms with Gasteiger partial charge in [-0.05, 0) is 53.9 Å². The first kappa shape index (κ1) is 32.0. The summed E-state index contributed by atoms with van der Waals surface area (Å²) in [5.41, 5.74) is 5.73. The predicted molar refractivity (Wildman–Crippen MR) is 224 cm³/mol. The third-order valence-electron chi connectivity index (χ3n) is 11.3. The number of aromatic nitrogens is 8. The molecule has 0 atom stereocenters. The Morgan fingerprint density at radius 2 is 0.632 bits per heavy atom. The zero-order chi connectivity index (χ0) is 36.5. The first-order valence-electron chi connectivity index (χ1n) is 18.5. The molecule has 9 heteroatoms. The molecule has 57 heavy (non-hydrogen) atoms. The number of rotatable bonds is 0. The molecule has 3 aromatic heterocycles. The predicted octanol–water partition coefficient (Wildman–Crippen LogP) is 10.7. The maximum atomic E-state index is 5.34. The molecule has 0 saturated heterocycles. The topological polar surface area (TPSA) is 106 Å². The smallest absolute Gasteiger partial charge is 0.357 e. The van der Waals surface area contributed by atoms with E-state index in [-0.39, 0.29) is 17.1 Å². The van der Waals surface area contributed by atoms with Crippen molar-refractivity contribution in [3.8, 4) is 45.6 Å². The van der Waals surface area contributed by atoms with Gasteiger partial charge in [-0.2, -0.15) is 0 Å². The molecule has 5 heterocycles. The average Bonchev–Trinajstić information content (AvgIpc) is 3.99. The van der Waals surface area contributed by atoms with Gasteiger partial charge in [-0.1, -0.05) is 146 Å². The van der Waals surface area contributed by atoms with Crippen LogP contribution in [-0.4, -0.2) is 29.9 Å². The number of hydrogen-bond donors (Lipinski definition) is 0. The van der Waals surface area contributed by atoms with Gasteiger partial charge < -0.3 is 29.9 Å². The molecule has 2 aliphatic rings. The van der Waals surface area contributed by atoms with E-state index in [1.165, 1.54) is 0 Å². The van der Waals surface area contributed by atoms with E-state index in [4.69, 9.17) is 39.9 Å². The Balaban J connectivity index is 0.00000356. The van der Waals surface area contributed by atoms with Crippen molar-refractivity contribution < 1.29 is 17.1 Å². The van der Waals surface area contributed by atoms with Crippen LogP contribution in [-0.2, 0) is 17.1 Å². The average molecular weight is 776 g/mol. The van der Waals surface area contributed by atoms with Gasteiger partial charge in [0.1, 0.15) is 0 Å². The molecule has 8 aromatic carbocycles. The van der Waals surface area contributed by atoms with Crippen LogP contribution >= 0.6 is 0 Å². The van der Waals surface area contributed by atoms with Gasteiger partial charge in [0.05, 0.1) is 23.3 Å². The summed E-state index contributed by atoms with van der Waals surface area (Å²) < 4.78 is 0. The van der Waals surface area contributed by atoms with Gasteiger partial charge in [0.2, 0.25) is 0 Å². The van der Waals surface area contributed by atoms with Crippen molar-refractivity contribution in [2.75, 3.05) is 0 Å². The molecule has 0 amide bonds.